The van der Waals surface area contributed by atoms with Crippen LogP contribution < -0.4 is 15.4 Å². The van der Waals surface area contributed by atoms with Gasteiger partial charge in [-0.3, -0.25) is 4.79 Å². The molecule has 0 saturated carbocycles. The summed E-state index contributed by atoms with van der Waals surface area (Å²) in [4.78, 5) is 26.6. The largest absolute Gasteiger partial charge is 0.497 e. The molecule has 1 unspecified atom stereocenters. The number of benzene rings is 2. The van der Waals surface area contributed by atoms with Crippen LogP contribution >= 0.6 is 0 Å². The van der Waals surface area contributed by atoms with Crippen molar-refractivity contribution in [2.24, 2.45) is 0 Å². The Hall–Kier alpha value is -3.09. The third-order valence-electron chi connectivity index (χ3n) is 4.27. The SMILES string of the molecule is COc1ccc(NC(=O)N2CCCC2C(=O)Nc2ccc(F)cc2)cc1. The number of carbonyl (C=O) groups excluding carboxylic acids is 2. The highest BCUT2D eigenvalue weighted by Crippen LogP contribution is 2.22. The zero-order valence-electron chi connectivity index (χ0n) is 14.4. The van der Waals surface area contributed by atoms with E-state index in [9.17, 15) is 14.0 Å². The molecule has 1 aliphatic heterocycles. The number of likely N-dealkylation sites (tertiary alicyclic amines) is 1. The molecule has 0 radical (unpaired) electrons. The van der Waals surface area contributed by atoms with Gasteiger partial charge in [-0.05, 0) is 61.4 Å². The van der Waals surface area contributed by atoms with E-state index in [0.717, 1.165) is 6.42 Å². The summed E-state index contributed by atoms with van der Waals surface area (Å²) in [5, 5.41) is 5.52. The number of carbonyl (C=O) groups is 2. The number of rotatable bonds is 4. The number of amides is 3. The third kappa shape index (κ3) is 4.11. The summed E-state index contributed by atoms with van der Waals surface area (Å²) in [5.41, 5.74) is 1.12. The summed E-state index contributed by atoms with van der Waals surface area (Å²) < 4.78 is 18.1. The first-order valence-electron chi connectivity index (χ1n) is 8.35. The van der Waals surface area contributed by atoms with E-state index in [4.69, 9.17) is 4.74 Å². The smallest absolute Gasteiger partial charge is 0.322 e. The van der Waals surface area contributed by atoms with Crippen LogP contribution in [0.15, 0.2) is 48.5 Å². The van der Waals surface area contributed by atoms with E-state index >= 15 is 0 Å². The minimum Gasteiger partial charge on any atom is -0.497 e. The van der Waals surface area contributed by atoms with Crippen LogP contribution in [0.1, 0.15) is 12.8 Å². The number of urea groups is 1. The Balaban J connectivity index is 1.63. The average molecular weight is 357 g/mol. The Morgan fingerprint density at radius 3 is 2.31 bits per heavy atom. The molecule has 2 aromatic carbocycles. The average Bonchev–Trinajstić information content (AvgIpc) is 3.14. The predicted molar refractivity (Wildman–Crippen MR) is 96.8 cm³/mol. The van der Waals surface area contributed by atoms with Crippen LogP contribution in [-0.4, -0.2) is 36.5 Å². The van der Waals surface area contributed by atoms with Gasteiger partial charge in [0.25, 0.3) is 0 Å². The zero-order valence-corrected chi connectivity index (χ0v) is 14.4. The Morgan fingerprint density at radius 2 is 1.65 bits per heavy atom. The number of methoxy groups -OCH3 is 1. The van der Waals surface area contributed by atoms with Gasteiger partial charge in [-0.1, -0.05) is 0 Å². The predicted octanol–water partition coefficient (Wildman–Crippen LogP) is 3.47. The topological polar surface area (TPSA) is 70.7 Å². The van der Waals surface area contributed by atoms with Crippen LogP contribution in [0.5, 0.6) is 5.75 Å². The van der Waals surface area contributed by atoms with E-state index < -0.39 is 6.04 Å². The molecule has 26 heavy (non-hydrogen) atoms. The second kappa shape index (κ2) is 7.86. The van der Waals surface area contributed by atoms with Crippen molar-refractivity contribution in [2.75, 3.05) is 24.3 Å². The summed E-state index contributed by atoms with van der Waals surface area (Å²) in [6.45, 7) is 0.503. The highest BCUT2D eigenvalue weighted by Gasteiger charge is 2.34. The molecule has 136 valence electrons. The number of nitrogens with one attached hydrogen (secondary N) is 2. The van der Waals surface area contributed by atoms with Crippen LogP contribution in [0.25, 0.3) is 0 Å². The highest BCUT2D eigenvalue weighted by molar-refractivity contribution is 5.99. The monoisotopic (exact) mass is 357 g/mol. The summed E-state index contributed by atoms with van der Waals surface area (Å²) >= 11 is 0. The zero-order chi connectivity index (χ0) is 18.5. The van der Waals surface area contributed by atoms with Crippen LogP contribution in [0.2, 0.25) is 0 Å². The highest BCUT2D eigenvalue weighted by atomic mass is 19.1. The van der Waals surface area contributed by atoms with Gasteiger partial charge in [-0.2, -0.15) is 0 Å². The second-order valence-corrected chi connectivity index (χ2v) is 6.01. The minimum absolute atomic E-state index is 0.279. The number of anilines is 2. The van der Waals surface area contributed by atoms with Gasteiger partial charge in [0.05, 0.1) is 7.11 Å². The number of hydrogen-bond acceptors (Lipinski definition) is 3. The molecule has 1 heterocycles. The van der Waals surface area contributed by atoms with E-state index in [0.29, 0.717) is 30.1 Å². The van der Waals surface area contributed by atoms with Crippen LogP contribution in [0, 0.1) is 5.82 Å². The van der Waals surface area contributed by atoms with Crippen molar-refractivity contribution in [3.8, 4) is 5.75 Å². The van der Waals surface area contributed by atoms with Crippen molar-refractivity contribution in [3.63, 3.8) is 0 Å². The first-order chi connectivity index (χ1) is 12.6. The lowest BCUT2D eigenvalue weighted by Gasteiger charge is -2.24. The van der Waals surface area contributed by atoms with E-state index in [-0.39, 0.29) is 17.8 Å². The molecule has 6 nitrogen and oxygen atoms in total. The lowest BCUT2D eigenvalue weighted by molar-refractivity contribution is -0.119. The number of hydrogen-bond donors (Lipinski definition) is 2. The molecular formula is C19H20FN3O3. The van der Waals surface area contributed by atoms with E-state index in [1.807, 2.05) is 0 Å². The summed E-state index contributed by atoms with van der Waals surface area (Å²) in [6.07, 6.45) is 1.33. The quantitative estimate of drug-likeness (QED) is 0.880. The van der Waals surface area contributed by atoms with Gasteiger partial charge in [0.1, 0.15) is 17.6 Å². The van der Waals surface area contributed by atoms with Crippen molar-refractivity contribution in [3.05, 3.63) is 54.3 Å². The molecule has 0 spiro atoms. The molecule has 1 fully saturated rings. The molecule has 1 atom stereocenters. The number of halogens is 1. The fourth-order valence-corrected chi connectivity index (χ4v) is 2.91. The Kier molecular flexibility index (Phi) is 5.36. The minimum atomic E-state index is -0.557. The molecule has 0 bridgehead atoms. The van der Waals surface area contributed by atoms with Gasteiger partial charge in [0.2, 0.25) is 5.91 Å². The van der Waals surface area contributed by atoms with Crippen molar-refractivity contribution >= 4 is 23.3 Å². The summed E-state index contributed by atoms with van der Waals surface area (Å²) in [5.74, 6) is 0.0454. The number of ether oxygens (including phenoxy) is 1. The second-order valence-electron chi connectivity index (χ2n) is 6.01. The van der Waals surface area contributed by atoms with Gasteiger partial charge >= 0.3 is 6.03 Å². The van der Waals surface area contributed by atoms with Gasteiger partial charge in [0.15, 0.2) is 0 Å². The maximum atomic E-state index is 13.0. The third-order valence-corrected chi connectivity index (χ3v) is 4.27. The molecular weight excluding hydrogens is 337 g/mol. The van der Waals surface area contributed by atoms with Crippen molar-refractivity contribution in [1.82, 2.24) is 4.90 Å². The lowest BCUT2D eigenvalue weighted by Crippen LogP contribution is -2.45. The molecule has 1 aliphatic rings. The molecule has 7 heteroatoms. The lowest BCUT2D eigenvalue weighted by atomic mass is 10.2. The van der Waals surface area contributed by atoms with Gasteiger partial charge in [0, 0.05) is 17.9 Å². The standard InChI is InChI=1S/C19H20FN3O3/c1-26-16-10-8-15(9-11-16)22-19(25)23-12-2-3-17(23)18(24)21-14-6-4-13(20)5-7-14/h4-11,17H,2-3,12H2,1H3,(H,21,24)(H,22,25). The molecule has 2 N–H and O–H groups in total. The van der Waals surface area contributed by atoms with E-state index in [2.05, 4.69) is 10.6 Å². The molecule has 2 aromatic rings. The first-order valence-corrected chi connectivity index (χ1v) is 8.35. The van der Waals surface area contributed by atoms with Crippen LogP contribution in [0.4, 0.5) is 20.6 Å². The first kappa shape index (κ1) is 17.7. The maximum Gasteiger partial charge on any atom is 0.322 e. The molecule has 1 saturated heterocycles. The fourth-order valence-electron chi connectivity index (χ4n) is 2.91. The molecule has 0 aliphatic carbocycles. The summed E-state index contributed by atoms with van der Waals surface area (Å²) in [7, 11) is 1.57. The Bertz CT molecular complexity index is 778. The van der Waals surface area contributed by atoms with Crippen LogP contribution in [0.3, 0.4) is 0 Å². The Morgan fingerprint density at radius 1 is 1.04 bits per heavy atom. The van der Waals surface area contributed by atoms with Gasteiger partial charge < -0.3 is 20.3 Å². The van der Waals surface area contributed by atoms with Gasteiger partial charge in [-0.25, -0.2) is 9.18 Å². The van der Waals surface area contributed by atoms with Crippen molar-refractivity contribution in [2.45, 2.75) is 18.9 Å². The fraction of sp³-hybridized carbons (Fsp3) is 0.263. The summed E-state index contributed by atoms with van der Waals surface area (Å²) in [6, 6.07) is 11.6. The van der Waals surface area contributed by atoms with E-state index in [1.54, 1.807) is 31.4 Å². The normalized spacial score (nSPS) is 16.2. The van der Waals surface area contributed by atoms with Crippen molar-refractivity contribution < 1.29 is 18.7 Å². The van der Waals surface area contributed by atoms with E-state index in [1.165, 1.54) is 29.2 Å². The number of nitrogens with zero attached hydrogens (tertiary/aromatic N) is 1. The molecule has 3 rings (SSSR count). The van der Waals surface area contributed by atoms with Crippen molar-refractivity contribution in [1.29, 1.82) is 0 Å². The maximum absolute atomic E-state index is 13.0. The van der Waals surface area contributed by atoms with Crippen LogP contribution in [-0.2, 0) is 4.79 Å². The van der Waals surface area contributed by atoms with Gasteiger partial charge in [-0.15, -0.1) is 0 Å². The molecule has 0 aromatic heterocycles. The molecule has 3 amide bonds. The Labute approximate surface area is 150 Å².